The third-order valence-corrected chi connectivity index (χ3v) is 5.12. The average molecular weight is 310 g/mol. The number of carbonyl (C=O) groups excluding carboxylic acids is 1. The number of amides is 1. The molecule has 4 heteroatoms. The van der Waals surface area contributed by atoms with Crippen molar-refractivity contribution in [2.24, 2.45) is 5.41 Å². The highest BCUT2D eigenvalue weighted by molar-refractivity contribution is 6.06. The summed E-state index contributed by atoms with van der Waals surface area (Å²) in [4.78, 5) is 14.8. The quantitative estimate of drug-likeness (QED) is 0.863. The van der Waals surface area contributed by atoms with Gasteiger partial charge in [-0.15, -0.1) is 0 Å². The highest BCUT2D eigenvalue weighted by atomic mass is 19.1. The Labute approximate surface area is 135 Å². The zero-order valence-electron chi connectivity index (χ0n) is 12.8. The molecule has 23 heavy (non-hydrogen) atoms. The maximum atomic E-state index is 13.6. The molecule has 2 aromatic carbocycles. The Kier molecular flexibility index (Phi) is 3.42. The van der Waals surface area contributed by atoms with E-state index in [2.05, 4.69) is 17.4 Å². The van der Waals surface area contributed by atoms with Gasteiger partial charge in [-0.3, -0.25) is 4.79 Å². The normalized spacial score (nSPS) is 22.9. The Bertz CT molecular complexity index is 725. The first-order valence-electron chi connectivity index (χ1n) is 8.07. The van der Waals surface area contributed by atoms with Crippen LogP contribution in [0.5, 0.6) is 0 Å². The minimum Gasteiger partial charge on any atom is -0.317 e. The summed E-state index contributed by atoms with van der Waals surface area (Å²) in [7, 11) is 0. The predicted molar refractivity (Wildman–Crippen MR) is 87.6 cm³/mol. The van der Waals surface area contributed by atoms with Crippen LogP contribution in [0.15, 0.2) is 54.6 Å². The van der Waals surface area contributed by atoms with E-state index in [1.54, 1.807) is 11.0 Å². The number of rotatable bonds is 2. The second-order valence-electron chi connectivity index (χ2n) is 6.37. The third-order valence-electron chi connectivity index (χ3n) is 5.12. The van der Waals surface area contributed by atoms with E-state index in [1.807, 2.05) is 24.3 Å². The van der Waals surface area contributed by atoms with Crippen molar-refractivity contribution in [1.29, 1.82) is 0 Å². The van der Waals surface area contributed by atoms with E-state index in [-0.39, 0.29) is 23.2 Å². The van der Waals surface area contributed by atoms with Crippen LogP contribution < -0.4 is 10.2 Å². The molecule has 0 aromatic heterocycles. The van der Waals surface area contributed by atoms with Gasteiger partial charge in [0.25, 0.3) is 0 Å². The molecule has 0 radical (unpaired) electrons. The third kappa shape index (κ3) is 2.17. The molecular weight excluding hydrogens is 291 g/mol. The van der Waals surface area contributed by atoms with Crippen LogP contribution in [0.2, 0.25) is 0 Å². The van der Waals surface area contributed by atoms with E-state index < -0.39 is 0 Å². The summed E-state index contributed by atoms with van der Waals surface area (Å²) in [6.07, 6.45) is 1.66. The van der Waals surface area contributed by atoms with Gasteiger partial charge in [-0.25, -0.2) is 4.39 Å². The first-order valence-corrected chi connectivity index (χ1v) is 8.07. The fourth-order valence-corrected chi connectivity index (χ4v) is 4.01. The number of carbonyl (C=O) groups is 1. The van der Waals surface area contributed by atoms with Crippen LogP contribution in [0.4, 0.5) is 10.1 Å². The molecule has 1 N–H and O–H groups in total. The van der Waals surface area contributed by atoms with Crippen molar-refractivity contribution < 1.29 is 9.18 Å². The molecule has 2 fully saturated rings. The van der Waals surface area contributed by atoms with Crippen molar-refractivity contribution >= 4 is 11.6 Å². The number of nitrogens with one attached hydrogen (secondary N) is 1. The smallest absolute Gasteiger partial charge is 0.236 e. The molecule has 1 amide bonds. The van der Waals surface area contributed by atoms with E-state index in [1.165, 1.54) is 12.1 Å². The van der Waals surface area contributed by atoms with Crippen molar-refractivity contribution in [2.75, 3.05) is 18.0 Å². The molecule has 1 atom stereocenters. The molecule has 0 saturated carbocycles. The zero-order valence-corrected chi connectivity index (χ0v) is 12.8. The van der Waals surface area contributed by atoms with Crippen LogP contribution in [-0.2, 0) is 4.79 Å². The fraction of sp³-hybridized carbons (Fsp3) is 0.316. The number of anilines is 1. The Morgan fingerprint density at radius 1 is 1.04 bits per heavy atom. The van der Waals surface area contributed by atoms with Crippen LogP contribution >= 0.6 is 0 Å². The van der Waals surface area contributed by atoms with Crippen molar-refractivity contribution in [3.8, 4) is 0 Å². The lowest BCUT2D eigenvalue weighted by molar-refractivity contribution is -0.142. The molecule has 0 bridgehead atoms. The summed E-state index contributed by atoms with van der Waals surface area (Å²) in [5.41, 5.74) is 1.42. The van der Waals surface area contributed by atoms with E-state index in [4.69, 9.17) is 0 Å². The molecule has 0 aliphatic carbocycles. The Hall–Kier alpha value is -2.20. The predicted octanol–water partition coefficient (Wildman–Crippen LogP) is 3.28. The molecule has 3 nitrogen and oxygen atoms in total. The molecule has 2 aromatic rings. The molecule has 4 rings (SSSR count). The van der Waals surface area contributed by atoms with Crippen LogP contribution in [0, 0.1) is 11.2 Å². The van der Waals surface area contributed by atoms with Crippen molar-refractivity contribution in [1.82, 2.24) is 5.32 Å². The van der Waals surface area contributed by atoms with Gasteiger partial charge in [0.05, 0.1) is 11.5 Å². The van der Waals surface area contributed by atoms with Gasteiger partial charge in [-0.2, -0.15) is 0 Å². The van der Waals surface area contributed by atoms with Crippen molar-refractivity contribution in [3.63, 3.8) is 0 Å². The van der Waals surface area contributed by atoms with Gasteiger partial charge < -0.3 is 10.2 Å². The zero-order chi connectivity index (χ0) is 15.9. The van der Waals surface area contributed by atoms with Gasteiger partial charge in [0.2, 0.25) is 5.91 Å². The minimum absolute atomic E-state index is 0.0138. The number of hydrogen-bond donors (Lipinski definition) is 1. The standard InChI is InChI=1S/C19H19FN2O/c20-15-7-4-8-16(13-15)22-17(14-5-2-1-3-6-14)19(18(22)23)9-11-21-12-10-19/h1-8,13,17,21H,9-12H2. The number of halogens is 1. The number of β-lactam (4-membered cyclic amide) rings is 1. The lowest BCUT2D eigenvalue weighted by Crippen LogP contribution is -2.66. The SMILES string of the molecule is O=C1N(c2cccc(F)c2)C(c2ccccc2)C12CCNCC2. The molecule has 2 aliphatic rings. The van der Waals surface area contributed by atoms with Gasteiger partial charge in [-0.1, -0.05) is 36.4 Å². The molecule has 118 valence electrons. The van der Waals surface area contributed by atoms with Gasteiger partial charge in [-0.05, 0) is 49.7 Å². The first kappa shape index (κ1) is 14.4. The molecular formula is C19H19FN2O. The number of hydrogen-bond acceptors (Lipinski definition) is 2. The van der Waals surface area contributed by atoms with Gasteiger partial charge in [0.1, 0.15) is 5.82 Å². The largest absolute Gasteiger partial charge is 0.317 e. The molecule has 2 saturated heterocycles. The van der Waals surface area contributed by atoms with E-state index in [0.717, 1.165) is 31.5 Å². The topological polar surface area (TPSA) is 32.3 Å². The summed E-state index contributed by atoms with van der Waals surface area (Å²) in [6.45, 7) is 1.71. The highest BCUT2D eigenvalue weighted by Crippen LogP contribution is 2.56. The lowest BCUT2D eigenvalue weighted by atomic mass is 9.62. The minimum atomic E-state index is -0.348. The fourth-order valence-electron chi connectivity index (χ4n) is 4.01. The summed E-state index contributed by atoms with van der Waals surface area (Å²) in [5.74, 6) is -0.188. The summed E-state index contributed by atoms with van der Waals surface area (Å²) >= 11 is 0. The second kappa shape index (κ2) is 5.46. The van der Waals surface area contributed by atoms with E-state index >= 15 is 0 Å². The summed E-state index contributed by atoms with van der Waals surface area (Å²) in [6, 6.07) is 16.4. The molecule has 2 aliphatic heterocycles. The van der Waals surface area contributed by atoms with Gasteiger partial charge in [0, 0.05) is 5.69 Å². The maximum Gasteiger partial charge on any atom is 0.236 e. The van der Waals surface area contributed by atoms with Crippen LogP contribution in [0.1, 0.15) is 24.4 Å². The second-order valence-corrected chi connectivity index (χ2v) is 6.37. The van der Waals surface area contributed by atoms with Crippen molar-refractivity contribution in [2.45, 2.75) is 18.9 Å². The Morgan fingerprint density at radius 2 is 1.78 bits per heavy atom. The average Bonchev–Trinajstić information content (AvgIpc) is 2.60. The Morgan fingerprint density at radius 3 is 2.48 bits per heavy atom. The monoisotopic (exact) mass is 310 g/mol. The van der Waals surface area contributed by atoms with Gasteiger partial charge in [0.15, 0.2) is 0 Å². The molecule has 1 spiro atoms. The summed E-state index contributed by atoms with van der Waals surface area (Å²) < 4.78 is 13.6. The number of benzene rings is 2. The highest BCUT2D eigenvalue weighted by Gasteiger charge is 2.61. The maximum absolute atomic E-state index is 13.6. The first-order chi connectivity index (χ1) is 11.2. The van der Waals surface area contributed by atoms with Crippen LogP contribution in [-0.4, -0.2) is 19.0 Å². The number of piperidine rings is 1. The summed E-state index contributed by atoms with van der Waals surface area (Å²) in [5, 5.41) is 3.33. The lowest BCUT2D eigenvalue weighted by Gasteiger charge is -2.58. The van der Waals surface area contributed by atoms with Crippen LogP contribution in [0.25, 0.3) is 0 Å². The number of nitrogens with zero attached hydrogens (tertiary/aromatic N) is 1. The van der Waals surface area contributed by atoms with Crippen molar-refractivity contribution in [3.05, 3.63) is 66.0 Å². The van der Waals surface area contributed by atoms with E-state index in [0.29, 0.717) is 5.69 Å². The van der Waals surface area contributed by atoms with Gasteiger partial charge >= 0.3 is 0 Å². The van der Waals surface area contributed by atoms with Crippen LogP contribution in [0.3, 0.4) is 0 Å². The Balaban J connectivity index is 1.78. The van der Waals surface area contributed by atoms with E-state index in [9.17, 15) is 9.18 Å². The molecule has 1 unspecified atom stereocenters. The molecule has 2 heterocycles.